The van der Waals surface area contributed by atoms with Gasteiger partial charge in [0.05, 0.1) is 13.2 Å². The summed E-state index contributed by atoms with van der Waals surface area (Å²) in [4.78, 5) is 22.4. The molecule has 15 heavy (non-hydrogen) atoms. The number of hydrogen-bond donors (Lipinski definition) is 4. The van der Waals surface area contributed by atoms with Crippen LogP contribution in [0.3, 0.4) is 0 Å². The normalized spacial score (nSPS) is 35.5. The summed E-state index contributed by atoms with van der Waals surface area (Å²) in [6.45, 7) is 0.137. The molecule has 7 heteroatoms. The van der Waals surface area contributed by atoms with E-state index in [0.717, 1.165) is 0 Å². The van der Waals surface area contributed by atoms with Crippen molar-refractivity contribution in [2.45, 2.75) is 24.5 Å². The number of likely N-dealkylation sites (tertiary alicyclic amines) is 1. The predicted molar refractivity (Wildman–Crippen MR) is 47.4 cm³/mol. The van der Waals surface area contributed by atoms with E-state index in [-0.39, 0.29) is 6.42 Å². The van der Waals surface area contributed by atoms with Gasteiger partial charge >= 0.3 is 12.1 Å². The predicted octanol–water partition coefficient (Wildman–Crippen LogP) is -1.06. The summed E-state index contributed by atoms with van der Waals surface area (Å²) < 4.78 is 0. The van der Waals surface area contributed by atoms with Crippen LogP contribution in [0.1, 0.15) is 13.3 Å². The summed E-state index contributed by atoms with van der Waals surface area (Å²) in [6.07, 6.45) is -1.75. The van der Waals surface area contributed by atoms with Crippen molar-refractivity contribution in [3.8, 4) is 0 Å². The van der Waals surface area contributed by atoms with Crippen LogP contribution in [0.15, 0.2) is 0 Å². The Labute approximate surface area is 85.5 Å². The van der Waals surface area contributed by atoms with E-state index in [1.165, 1.54) is 6.92 Å². The first-order valence-corrected chi connectivity index (χ1v) is 4.32. The Morgan fingerprint density at radius 2 is 1.93 bits per heavy atom. The Balaban J connectivity index is 3.06. The molecule has 0 radical (unpaired) electrons. The molecular formula is C8H13NO6. The number of carboxylic acid groups (broad SMARTS) is 2. The fraction of sp³-hybridized carbons (Fsp3) is 0.750. The van der Waals surface area contributed by atoms with E-state index in [4.69, 9.17) is 15.3 Å². The number of nitrogens with zero attached hydrogens (tertiary/aromatic N) is 1. The van der Waals surface area contributed by atoms with Gasteiger partial charge in [-0.15, -0.1) is 0 Å². The van der Waals surface area contributed by atoms with E-state index in [0.29, 0.717) is 4.90 Å². The minimum atomic E-state index is -1.69. The average molecular weight is 219 g/mol. The second-order valence-corrected chi connectivity index (χ2v) is 4.01. The van der Waals surface area contributed by atoms with Crippen LogP contribution < -0.4 is 0 Å². The standard InChI is InChI=1S/C8H13NO6/c1-7(5(11)12)2-8(15,4-10)3-9(7)6(13)14/h10,15H,2-4H2,1H3,(H,11,12)(H,13,14). The van der Waals surface area contributed by atoms with E-state index < -0.39 is 36.4 Å². The molecule has 1 rings (SSSR count). The van der Waals surface area contributed by atoms with E-state index in [1.54, 1.807) is 0 Å². The largest absolute Gasteiger partial charge is 0.480 e. The molecule has 0 spiro atoms. The molecular weight excluding hydrogens is 206 g/mol. The second-order valence-electron chi connectivity index (χ2n) is 4.01. The second kappa shape index (κ2) is 3.35. The zero-order valence-electron chi connectivity index (χ0n) is 8.17. The zero-order valence-corrected chi connectivity index (χ0v) is 8.17. The van der Waals surface area contributed by atoms with Crippen molar-refractivity contribution in [1.82, 2.24) is 4.90 Å². The van der Waals surface area contributed by atoms with Crippen LogP contribution in [0.4, 0.5) is 4.79 Å². The van der Waals surface area contributed by atoms with Gasteiger partial charge in [-0.05, 0) is 6.92 Å². The van der Waals surface area contributed by atoms with E-state index in [9.17, 15) is 14.7 Å². The highest BCUT2D eigenvalue weighted by molar-refractivity contribution is 5.84. The molecule has 1 fully saturated rings. The van der Waals surface area contributed by atoms with Gasteiger partial charge in [0, 0.05) is 6.42 Å². The molecule has 1 aliphatic rings. The molecule has 86 valence electrons. The molecule has 2 atom stereocenters. The van der Waals surface area contributed by atoms with E-state index in [2.05, 4.69) is 0 Å². The lowest BCUT2D eigenvalue weighted by Crippen LogP contribution is -2.50. The number of rotatable bonds is 2. The highest BCUT2D eigenvalue weighted by Gasteiger charge is 2.56. The first-order valence-electron chi connectivity index (χ1n) is 4.32. The quantitative estimate of drug-likeness (QED) is 0.470. The molecule has 0 bridgehead atoms. The minimum absolute atomic E-state index is 0.321. The molecule has 0 aromatic heterocycles. The number of amides is 1. The SMILES string of the molecule is CC1(C(=O)O)CC(O)(CO)CN1C(=O)O. The van der Waals surface area contributed by atoms with Gasteiger partial charge in [-0.1, -0.05) is 0 Å². The maximum absolute atomic E-state index is 10.9. The molecule has 1 amide bonds. The fourth-order valence-corrected chi connectivity index (χ4v) is 1.84. The van der Waals surface area contributed by atoms with E-state index >= 15 is 0 Å². The molecule has 0 aromatic carbocycles. The van der Waals surface area contributed by atoms with Crippen LogP contribution >= 0.6 is 0 Å². The number of carbonyl (C=O) groups is 2. The van der Waals surface area contributed by atoms with Crippen molar-refractivity contribution in [3.05, 3.63) is 0 Å². The molecule has 1 aliphatic heterocycles. The Hall–Kier alpha value is -1.34. The van der Waals surface area contributed by atoms with Gasteiger partial charge in [0.15, 0.2) is 0 Å². The van der Waals surface area contributed by atoms with Gasteiger partial charge in [0.2, 0.25) is 0 Å². The topological polar surface area (TPSA) is 118 Å². The summed E-state index contributed by atoms with van der Waals surface area (Å²) in [5.74, 6) is -1.34. The Morgan fingerprint density at radius 1 is 1.40 bits per heavy atom. The van der Waals surface area contributed by atoms with Crippen molar-refractivity contribution in [1.29, 1.82) is 0 Å². The highest BCUT2D eigenvalue weighted by Crippen LogP contribution is 2.35. The molecule has 1 heterocycles. The third-order valence-electron chi connectivity index (χ3n) is 2.71. The number of aliphatic carboxylic acids is 1. The molecule has 0 aliphatic carbocycles. The van der Waals surface area contributed by atoms with Crippen LogP contribution in [-0.4, -0.2) is 61.7 Å². The Kier molecular flexibility index (Phi) is 2.62. The van der Waals surface area contributed by atoms with Crippen LogP contribution in [0.25, 0.3) is 0 Å². The first-order chi connectivity index (χ1) is 6.75. The average Bonchev–Trinajstić information content (AvgIpc) is 2.41. The number of aliphatic hydroxyl groups excluding tert-OH is 1. The van der Waals surface area contributed by atoms with E-state index in [1.807, 2.05) is 0 Å². The fourth-order valence-electron chi connectivity index (χ4n) is 1.84. The zero-order chi connectivity index (χ0) is 11.9. The lowest BCUT2D eigenvalue weighted by Gasteiger charge is -2.27. The molecule has 2 unspecified atom stereocenters. The third kappa shape index (κ3) is 1.75. The van der Waals surface area contributed by atoms with Gasteiger partial charge in [-0.3, -0.25) is 4.90 Å². The first kappa shape index (κ1) is 11.7. The summed E-state index contributed by atoms with van der Waals surface area (Å²) in [5.41, 5.74) is -3.37. The van der Waals surface area contributed by atoms with Crippen molar-refractivity contribution in [3.63, 3.8) is 0 Å². The van der Waals surface area contributed by atoms with Gasteiger partial charge in [-0.2, -0.15) is 0 Å². The smallest absolute Gasteiger partial charge is 0.408 e. The summed E-state index contributed by atoms with van der Waals surface area (Å²) in [7, 11) is 0. The molecule has 7 nitrogen and oxygen atoms in total. The van der Waals surface area contributed by atoms with Crippen molar-refractivity contribution in [2.75, 3.05) is 13.2 Å². The summed E-state index contributed by atoms with van der Waals surface area (Å²) >= 11 is 0. The van der Waals surface area contributed by atoms with Crippen LogP contribution in [-0.2, 0) is 4.79 Å². The molecule has 0 saturated carbocycles. The lowest BCUT2D eigenvalue weighted by molar-refractivity contribution is -0.148. The van der Waals surface area contributed by atoms with Crippen LogP contribution in [0.5, 0.6) is 0 Å². The number of carboxylic acids is 1. The highest BCUT2D eigenvalue weighted by atomic mass is 16.4. The summed E-state index contributed by atoms with van der Waals surface area (Å²) in [6, 6.07) is 0. The minimum Gasteiger partial charge on any atom is -0.480 e. The Morgan fingerprint density at radius 3 is 2.20 bits per heavy atom. The third-order valence-corrected chi connectivity index (χ3v) is 2.71. The number of β-amino-alcohol motifs (C(OH)–C–C–N with tert-alkyl or cyclic N) is 1. The lowest BCUT2D eigenvalue weighted by atomic mass is 9.92. The van der Waals surface area contributed by atoms with Crippen LogP contribution in [0.2, 0.25) is 0 Å². The monoisotopic (exact) mass is 219 g/mol. The van der Waals surface area contributed by atoms with Gasteiger partial charge in [0.1, 0.15) is 11.1 Å². The molecule has 1 saturated heterocycles. The maximum Gasteiger partial charge on any atom is 0.408 e. The molecule has 0 aromatic rings. The summed E-state index contributed by atoms with van der Waals surface area (Å²) in [5, 5.41) is 36.3. The molecule has 4 N–H and O–H groups in total. The van der Waals surface area contributed by atoms with Crippen molar-refractivity contribution >= 4 is 12.1 Å². The maximum atomic E-state index is 10.9. The number of aliphatic hydroxyl groups is 2. The van der Waals surface area contributed by atoms with Crippen LogP contribution in [0, 0.1) is 0 Å². The number of hydrogen-bond acceptors (Lipinski definition) is 4. The van der Waals surface area contributed by atoms with Crippen molar-refractivity contribution < 1.29 is 30.0 Å². The van der Waals surface area contributed by atoms with Crippen molar-refractivity contribution in [2.24, 2.45) is 0 Å². The van der Waals surface area contributed by atoms with Gasteiger partial charge < -0.3 is 20.4 Å². The van der Waals surface area contributed by atoms with Gasteiger partial charge in [-0.25, -0.2) is 9.59 Å². The van der Waals surface area contributed by atoms with Gasteiger partial charge in [0.25, 0.3) is 0 Å². The Bertz CT molecular complexity index is 306.